The fraction of sp³-hybridized carbons (Fsp3) is 0.462. The number of hydrogen-bond acceptors (Lipinski definition) is 2. The summed E-state index contributed by atoms with van der Waals surface area (Å²) in [6.45, 7) is 0. The maximum Gasteiger partial charge on any atom is 0.330 e. The van der Waals surface area contributed by atoms with Gasteiger partial charge >= 0.3 is 5.97 Å². The van der Waals surface area contributed by atoms with Crippen LogP contribution >= 0.6 is 0 Å². The SMILES string of the molecule is O=C(O)C1(N(c2ccccc2)S(=O)O)CCCCC1. The van der Waals surface area contributed by atoms with Gasteiger partial charge < -0.3 is 5.11 Å². The maximum atomic E-state index is 11.7. The lowest BCUT2D eigenvalue weighted by atomic mass is 9.81. The first-order chi connectivity index (χ1) is 9.08. The lowest BCUT2D eigenvalue weighted by Crippen LogP contribution is -2.56. The van der Waals surface area contributed by atoms with E-state index in [-0.39, 0.29) is 0 Å². The van der Waals surface area contributed by atoms with Crippen molar-refractivity contribution in [1.82, 2.24) is 0 Å². The Kier molecular flexibility index (Phi) is 4.21. The normalized spacial score (nSPS) is 19.6. The van der Waals surface area contributed by atoms with Crippen LogP contribution in [0.4, 0.5) is 5.69 Å². The zero-order valence-corrected chi connectivity index (χ0v) is 11.3. The summed E-state index contributed by atoms with van der Waals surface area (Å²) in [5.74, 6) is -1.03. The first kappa shape index (κ1) is 14.0. The molecule has 1 saturated carbocycles. The van der Waals surface area contributed by atoms with Gasteiger partial charge in [-0.05, 0) is 25.0 Å². The Morgan fingerprint density at radius 2 is 1.74 bits per heavy atom. The molecule has 1 atom stereocenters. The fourth-order valence-corrected chi connectivity index (χ4v) is 3.55. The van der Waals surface area contributed by atoms with Gasteiger partial charge in [-0.25, -0.2) is 9.00 Å². The molecule has 19 heavy (non-hydrogen) atoms. The molecule has 2 rings (SSSR count). The molecule has 0 spiro atoms. The summed E-state index contributed by atoms with van der Waals surface area (Å²) >= 11 is -2.36. The third kappa shape index (κ3) is 2.64. The van der Waals surface area contributed by atoms with Crippen molar-refractivity contribution in [2.45, 2.75) is 37.6 Å². The van der Waals surface area contributed by atoms with Gasteiger partial charge in [-0.2, -0.15) is 0 Å². The zero-order chi connectivity index (χ0) is 13.9. The highest BCUT2D eigenvalue weighted by molar-refractivity contribution is 7.80. The number of carboxylic acids is 1. The van der Waals surface area contributed by atoms with Crippen molar-refractivity contribution in [1.29, 1.82) is 0 Å². The van der Waals surface area contributed by atoms with Crippen molar-refractivity contribution in [2.75, 3.05) is 4.31 Å². The monoisotopic (exact) mass is 283 g/mol. The van der Waals surface area contributed by atoms with Crippen LogP contribution in [0.3, 0.4) is 0 Å². The number of benzene rings is 1. The highest BCUT2D eigenvalue weighted by atomic mass is 32.2. The van der Waals surface area contributed by atoms with Crippen LogP contribution < -0.4 is 4.31 Å². The summed E-state index contributed by atoms with van der Waals surface area (Å²) in [6.07, 6.45) is 3.27. The van der Waals surface area contributed by atoms with Crippen molar-refractivity contribution >= 4 is 22.9 Å². The summed E-state index contributed by atoms with van der Waals surface area (Å²) in [5.41, 5.74) is -0.813. The molecule has 1 aliphatic rings. The molecular formula is C13H17NO4S. The molecule has 104 valence electrons. The summed E-state index contributed by atoms with van der Waals surface area (Å²) in [7, 11) is 0. The number of aliphatic carboxylic acids is 1. The van der Waals surface area contributed by atoms with E-state index in [1.165, 1.54) is 0 Å². The minimum absolute atomic E-state index is 0.392. The number of nitrogens with zero attached hydrogens (tertiary/aromatic N) is 1. The Labute approximate surface area is 114 Å². The van der Waals surface area contributed by atoms with E-state index in [0.29, 0.717) is 18.5 Å². The van der Waals surface area contributed by atoms with Crippen LogP contribution in [0.15, 0.2) is 30.3 Å². The average molecular weight is 283 g/mol. The van der Waals surface area contributed by atoms with Crippen molar-refractivity contribution in [3.05, 3.63) is 30.3 Å². The molecule has 0 aromatic heterocycles. The summed E-state index contributed by atoms with van der Waals surface area (Å²) in [5, 5.41) is 9.58. The molecule has 0 aliphatic heterocycles. The van der Waals surface area contributed by atoms with Crippen molar-refractivity contribution in [3.63, 3.8) is 0 Å². The molecule has 1 aliphatic carbocycles. The van der Waals surface area contributed by atoms with E-state index < -0.39 is 22.8 Å². The van der Waals surface area contributed by atoms with Crippen molar-refractivity contribution in [2.24, 2.45) is 0 Å². The van der Waals surface area contributed by atoms with Crippen LogP contribution in [0.1, 0.15) is 32.1 Å². The van der Waals surface area contributed by atoms with E-state index in [1.807, 2.05) is 0 Å². The lowest BCUT2D eigenvalue weighted by molar-refractivity contribution is -0.144. The predicted molar refractivity (Wildman–Crippen MR) is 73.1 cm³/mol. The Morgan fingerprint density at radius 3 is 2.21 bits per heavy atom. The van der Waals surface area contributed by atoms with Crippen LogP contribution in [0.5, 0.6) is 0 Å². The van der Waals surface area contributed by atoms with Crippen LogP contribution in [-0.4, -0.2) is 25.4 Å². The van der Waals surface area contributed by atoms with Crippen LogP contribution in [0, 0.1) is 0 Å². The molecule has 2 N–H and O–H groups in total. The molecular weight excluding hydrogens is 266 g/mol. The molecule has 1 aromatic rings. The van der Waals surface area contributed by atoms with Gasteiger partial charge in [0.2, 0.25) is 0 Å². The van der Waals surface area contributed by atoms with E-state index in [4.69, 9.17) is 0 Å². The first-order valence-electron chi connectivity index (χ1n) is 6.27. The third-order valence-electron chi connectivity index (χ3n) is 3.61. The molecule has 1 unspecified atom stereocenters. The Bertz CT molecular complexity index is 471. The second-order valence-electron chi connectivity index (χ2n) is 4.76. The number of para-hydroxylation sites is 1. The largest absolute Gasteiger partial charge is 0.479 e. The lowest BCUT2D eigenvalue weighted by Gasteiger charge is -2.41. The Balaban J connectivity index is 2.47. The molecule has 5 nitrogen and oxygen atoms in total. The zero-order valence-electron chi connectivity index (χ0n) is 10.5. The summed E-state index contributed by atoms with van der Waals surface area (Å²) in [4.78, 5) is 11.7. The molecule has 0 saturated heterocycles. The highest BCUT2D eigenvalue weighted by Crippen LogP contribution is 2.37. The smallest absolute Gasteiger partial charge is 0.330 e. The maximum absolute atomic E-state index is 11.7. The number of rotatable bonds is 4. The van der Waals surface area contributed by atoms with E-state index in [0.717, 1.165) is 23.6 Å². The molecule has 0 amide bonds. The number of anilines is 1. The standard InChI is InChI=1S/C13H17NO4S/c15-12(16)13(9-5-2-6-10-13)14(19(17)18)11-7-3-1-4-8-11/h1,3-4,7-8H,2,5-6,9-10H2,(H,15,16)(H,17,18). The van der Waals surface area contributed by atoms with Gasteiger partial charge in [0.25, 0.3) is 11.3 Å². The third-order valence-corrected chi connectivity index (χ3v) is 4.49. The van der Waals surface area contributed by atoms with Crippen molar-refractivity contribution < 1.29 is 18.7 Å². The molecule has 0 bridgehead atoms. The molecule has 1 aromatic carbocycles. The van der Waals surface area contributed by atoms with Gasteiger partial charge in [0, 0.05) is 0 Å². The molecule has 1 fully saturated rings. The number of carbonyl (C=O) groups is 1. The van der Waals surface area contributed by atoms with Crippen LogP contribution in [-0.2, 0) is 16.1 Å². The molecule has 0 heterocycles. The molecule has 6 heteroatoms. The second kappa shape index (κ2) is 5.71. The average Bonchev–Trinajstić information content (AvgIpc) is 2.40. The summed E-state index contributed by atoms with van der Waals surface area (Å²) in [6, 6.07) is 8.57. The van der Waals surface area contributed by atoms with Gasteiger partial charge in [-0.3, -0.25) is 8.86 Å². The summed E-state index contributed by atoms with van der Waals surface area (Å²) < 4.78 is 22.4. The number of hydrogen-bond donors (Lipinski definition) is 2. The molecule has 0 radical (unpaired) electrons. The van der Waals surface area contributed by atoms with E-state index >= 15 is 0 Å². The Morgan fingerprint density at radius 1 is 1.16 bits per heavy atom. The number of carboxylic acid groups (broad SMARTS) is 1. The first-order valence-corrected chi connectivity index (χ1v) is 7.34. The quantitative estimate of drug-likeness (QED) is 0.832. The predicted octanol–water partition coefficient (Wildman–Crippen LogP) is 2.42. The van der Waals surface area contributed by atoms with Gasteiger partial charge in [-0.15, -0.1) is 0 Å². The second-order valence-corrected chi connectivity index (χ2v) is 5.58. The highest BCUT2D eigenvalue weighted by Gasteiger charge is 2.47. The van der Waals surface area contributed by atoms with Gasteiger partial charge in [0.15, 0.2) is 5.54 Å². The van der Waals surface area contributed by atoms with Crippen LogP contribution in [0.2, 0.25) is 0 Å². The van der Waals surface area contributed by atoms with Crippen LogP contribution in [0.25, 0.3) is 0 Å². The van der Waals surface area contributed by atoms with Crippen molar-refractivity contribution in [3.8, 4) is 0 Å². The van der Waals surface area contributed by atoms with E-state index in [9.17, 15) is 18.7 Å². The Hall–Kier alpha value is -1.40. The van der Waals surface area contributed by atoms with Gasteiger partial charge in [-0.1, -0.05) is 37.5 Å². The topological polar surface area (TPSA) is 77.8 Å². The van der Waals surface area contributed by atoms with Gasteiger partial charge in [0.1, 0.15) is 0 Å². The van der Waals surface area contributed by atoms with E-state index in [2.05, 4.69) is 0 Å². The van der Waals surface area contributed by atoms with Gasteiger partial charge in [0.05, 0.1) is 5.69 Å². The fourth-order valence-electron chi connectivity index (χ4n) is 2.69. The van der Waals surface area contributed by atoms with E-state index in [1.54, 1.807) is 30.3 Å². The minimum Gasteiger partial charge on any atom is -0.479 e. The minimum atomic E-state index is -2.36.